The van der Waals surface area contributed by atoms with Gasteiger partial charge in [-0.3, -0.25) is 4.79 Å². The van der Waals surface area contributed by atoms with E-state index in [4.69, 9.17) is 9.47 Å². The Hall–Kier alpha value is -2.03. The Bertz CT molecular complexity index is 795. The van der Waals surface area contributed by atoms with Crippen molar-refractivity contribution in [2.75, 3.05) is 7.11 Å². The van der Waals surface area contributed by atoms with E-state index in [0.29, 0.717) is 17.8 Å². The molecule has 0 bridgehead atoms. The lowest BCUT2D eigenvalue weighted by molar-refractivity contribution is -0.157. The quantitative estimate of drug-likeness (QED) is 0.611. The van der Waals surface area contributed by atoms with Gasteiger partial charge >= 0.3 is 5.97 Å². The minimum absolute atomic E-state index is 0.0495. The normalized spacial score (nSPS) is 24.0. The Balaban J connectivity index is 1.75. The maximum atomic E-state index is 12.9. The summed E-state index contributed by atoms with van der Waals surface area (Å²) in [6, 6.07) is 12.2. The molecule has 146 valence electrons. The van der Waals surface area contributed by atoms with E-state index in [1.165, 1.54) is 6.42 Å². The van der Waals surface area contributed by atoms with Crippen LogP contribution >= 0.6 is 0 Å². The molecule has 0 radical (unpaired) electrons. The molecule has 4 atom stereocenters. The van der Waals surface area contributed by atoms with Gasteiger partial charge in [0.05, 0.1) is 13.0 Å². The van der Waals surface area contributed by atoms with Crippen molar-refractivity contribution in [2.24, 2.45) is 17.8 Å². The van der Waals surface area contributed by atoms with Crippen LogP contribution in [-0.4, -0.2) is 19.2 Å². The smallest absolute Gasteiger partial charge is 0.313 e. The van der Waals surface area contributed by atoms with Crippen LogP contribution in [0, 0.1) is 17.8 Å². The molecule has 0 saturated heterocycles. The summed E-state index contributed by atoms with van der Waals surface area (Å²) in [5, 5.41) is 2.22. The summed E-state index contributed by atoms with van der Waals surface area (Å²) in [5.41, 5.74) is 1.00. The maximum absolute atomic E-state index is 12.9. The van der Waals surface area contributed by atoms with Crippen LogP contribution in [-0.2, 0) is 9.53 Å². The van der Waals surface area contributed by atoms with E-state index in [0.717, 1.165) is 34.9 Å². The van der Waals surface area contributed by atoms with Crippen LogP contribution in [0.2, 0.25) is 0 Å². The zero-order valence-corrected chi connectivity index (χ0v) is 17.2. The molecule has 0 aliphatic heterocycles. The van der Waals surface area contributed by atoms with Gasteiger partial charge in [-0.2, -0.15) is 0 Å². The minimum Gasteiger partial charge on any atom is -0.497 e. The van der Waals surface area contributed by atoms with Gasteiger partial charge in [0.1, 0.15) is 11.9 Å². The predicted molar refractivity (Wildman–Crippen MR) is 110 cm³/mol. The number of esters is 1. The number of methoxy groups -OCH3 is 1. The van der Waals surface area contributed by atoms with Crippen LogP contribution < -0.4 is 4.74 Å². The Morgan fingerprint density at radius 1 is 1.04 bits per heavy atom. The number of fused-ring (bicyclic) bond motifs is 1. The number of carbonyl (C=O) groups is 1. The molecule has 0 N–H and O–H groups in total. The Kier molecular flexibility index (Phi) is 6.08. The van der Waals surface area contributed by atoms with Crippen LogP contribution in [0.5, 0.6) is 5.75 Å². The zero-order valence-electron chi connectivity index (χ0n) is 17.2. The van der Waals surface area contributed by atoms with Crippen LogP contribution in [0.4, 0.5) is 0 Å². The first-order valence-corrected chi connectivity index (χ1v) is 10.2. The first-order valence-electron chi connectivity index (χ1n) is 10.2. The van der Waals surface area contributed by atoms with E-state index in [9.17, 15) is 4.79 Å². The summed E-state index contributed by atoms with van der Waals surface area (Å²) in [6.45, 7) is 8.69. The van der Waals surface area contributed by atoms with Gasteiger partial charge < -0.3 is 9.47 Å². The van der Waals surface area contributed by atoms with E-state index in [2.05, 4.69) is 32.9 Å². The van der Waals surface area contributed by atoms with Gasteiger partial charge in [0, 0.05) is 0 Å². The molecular weight excluding hydrogens is 336 g/mol. The summed E-state index contributed by atoms with van der Waals surface area (Å²) >= 11 is 0. The van der Waals surface area contributed by atoms with Crippen LogP contribution in [0.1, 0.15) is 58.4 Å². The number of rotatable bonds is 5. The van der Waals surface area contributed by atoms with Crippen molar-refractivity contribution < 1.29 is 14.3 Å². The SMILES string of the molecule is COc1ccc2cc([C@H](C)C(=O)O[C@H]3C[C@@H](C)CC[C@@H]3C(C)C)ccc2c1. The number of ether oxygens (including phenoxy) is 2. The highest BCUT2D eigenvalue weighted by molar-refractivity contribution is 5.86. The van der Waals surface area contributed by atoms with Crippen molar-refractivity contribution in [1.82, 2.24) is 0 Å². The second kappa shape index (κ2) is 8.33. The predicted octanol–water partition coefficient (Wildman–Crippen LogP) is 5.96. The van der Waals surface area contributed by atoms with E-state index < -0.39 is 0 Å². The number of hydrogen-bond acceptors (Lipinski definition) is 3. The molecule has 1 saturated carbocycles. The van der Waals surface area contributed by atoms with Crippen molar-refractivity contribution in [3.05, 3.63) is 42.0 Å². The lowest BCUT2D eigenvalue weighted by atomic mass is 9.75. The fourth-order valence-electron chi connectivity index (χ4n) is 4.28. The highest BCUT2D eigenvalue weighted by Gasteiger charge is 2.34. The van der Waals surface area contributed by atoms with E-state index >= 15 is 0 Å². The van der Waals surface area contributed by atoms with Crippen molar-refractivity contribution in [3.8, 4) is 5.75 Å². The number of hydrogen-bond donors (Lipinski definition) is 0. The Morgan fingerprint density at radius 2 is 1.74 bits per heavy atom. The molecule has 3 heteroatoms. The molecule has 0 spiro atoms. The van der Waals surface area contributed by atoms with Crippen LogP contribution in [0.25, 0.3) is 10.8 Å². The first kappa shape index (κ1) is 19.7. The topological polar surface area (TPSA) is 35.5 Å². The summed E-state index contributed by atoms with van der Waals surface area (Å²) in [5.74, 6) is 2.12. The van der Waals surface area contributed by atoms with Gasteiger partial charge in [0.25, 0.3) is 0 Å². The Morgan fingerprint density at radius 3 is 2.44 bits per heavy atom. The van der Waals surface area contributed by atoms with E-state index in [1.807, 2.05) is 31.2 Å². The molecule has 0 unspecified atom stereocenters. The Labute approximate surface area is 163 Å². The summed E-state index contributed by atoms with van der Waals surface area (Å²) in [6.07, 6.45) is 3.43. The zero-order chi connectivity index (χ0) is 19.6. The van der Waals surface area contributed by atoms with Crippen molar-refractivity contribution in [1.29, 1.82) is 0 Å². The van der Waals surface area contributed by atoms with Crippen LogP contribution in [0.3, 0.4) is 0 Å². The van der Waals surface area contributed by atoms with Gasteiger partial charge in [-0.15, -0.1) is 0 Å². The molecule has 1 aliphatic carbocycles. The average molecular weight is 369 g/mol. The third kappa shape index (κ3) is 4.45. The third-order valence-electron chi connectivity index (χ3n) is 6.15. The monoisotopic (exact) mass is 368 g/mol. The van der Waals surface area contributed by atoms with Crippen molar-refractivity contribution in [3.63, 3.8) is 0 Å². The fraction of sp³-hybridized carbons (Fsp3) is 0.542. The highest BCUT2D eigenvalue weighted by Crippen LogP contribution is 2.36. The first-order chi connectivity index (χ1) is 12.9. The fourth-order valence-corrected chi connectivity index (χ4v) is 4.28. The standard InChI is InChI=1S/C24H32O3/c1-15(2)22-11-6-16(3)12-23(22)27-24(25)17(4)18-7-8-20-14-21(26-5)10-9-19(20)13-18/h7-10,13-17,22-23H,6,11-12H2,1-5H3/t16-,17-,22+,23-/m0/s1. The summed E-state index contributed by atoms with van der Waals surface area (Å²) in [4.78, 5) is 12.9. The van der Waals surface area contributed by atoms with Crippen molar-refractivity contribution in [2.45, 2.75) is 59.0 Å². The molecule has 0 amide bonds. The van der Waals surface area contributed by atoms with E-state index in [-0.39, 0.29) is 18.0 Å². The average Bonchev–Trinajstić information content (AvgIpc) is 2.66. The van der Waals surface area contributed by atoms with Gasteiger partial charge in [-0.25, -0.2) is 0 Å². The lowest BCUT2D eigenvalue weighted by Gasteiger charge is -2.37. The second-order valence-corrected chi connectivity index (χ2v) is 8.50. The highest BCUT2D eigenvalue weighted by atomic mass is 16.5. The van der Waals surface area contributed by atoms with E-state index in [1.54, 1.807) is 7.11 Å². The molecular formula is C24H32O3. The second-order valence-electron chi connectivity index (χ2n) is 8.50. The third-order valence-corrected chi connectivity index (χ3v) is 6.15. The summed E-state index contributed by atoms with van der Waals surface area (Å²) in [7, 11) is 1.67. The maximum Gasteiger partial charge on any atom is 0.313 e. The molecule has 0 heterocycles. The molecule has 2 aromatic rings. The molecule has 2 aromatic carbocycles. The molecule has 1 fully saturated rings. The molecule has 1 aliphatic rings. The molecule has 27 heavy (non-hydrogen) atoms. The molecule has 3 nitrogen and oxygen atoms in total. The molecule has 3 rings (SSSR count). The van der Waals surface area contributed by atoms with Gasteiger partial charge in [0.15, 0.2) is 0 Å². The lowest BCUT2D eigenvalue weighted by Crippen LogP contribution is -2.36. The number of carbonyl (C=O) groups excluding carboxylic acids is 1. The van der Waals surface area contributed by atoms with Crippen molar-refractivity contribution >= 4 is 16.7 Å². The largest absolute Gasteiger partial charge is 0.497 e. The summed E-state index contributed by atoms with van der Waals surface area (Å²) < 4.78 is 11.3. The van der Waals surface area contributed by atoms with Crippen LogP contribution in [0.15, 0.2) is 36.4 Å². The minimum atomic E-state index is -0.262. The van der Waals surface area contributed by atoms with Gasteiger partial charge in [-0.05, 0) is 66.0 Å². The number of benzene rings is 2. The molecule has 0 aromatic heterocycles. The van der Waals surface area contributed by atoms with Gasteiger partial charge in [-0.1, -0.05) is 51.5 Å². The van der Waals surface area contributed by atoms with Gasteiger partial charge in [0.2, 0.25) is 0 Å².